The molecule has 2 aromatic heterocycles. The molecule has 4 fully saturated rings. The van der Waals surface area contributed by atoms with Crippen LogP contribution in [0.1, 0.15) is 31.5 Å². The smallest absolute Gasteiger partial charge is 0.207 e. The van der Waals surface area contributed by atoms with Gasteiger partial charge in [0.2, 0.25) is 5.82 Å². The van der Waals surface area contributed by atoms with E-state index >= 15 is 4.39 Å². The number of phenols is 1. The zero-order chi connectivity index (χ0) is 28.6. The highest BCUT2D eigenvalue weighted by Gasteiger charge is 2.47. The van der Waals surface area contributed by atoms with E-state index in [1.54, 1.807) is 30.1 Å². The first-order valence-corrected chi connectivity index (χ1v) is 15.7. The number of phenolic OH excluding ortho intramolecular Hbond substituents is 1. The third-order valence-corrected chi connectivity index (χ3v) is 10.2. The van der Waals surface area contributed by atoms with Gasteiger partial charge in [-0.15, -0.1) is 11.8 Å². The summed E-state index contributed by atoms with van der Waals surface area (Å²) in [6.07, 6.45) is 5.91. The number of aromatic nitrogens is 3. The van der Waals surface area contributed by atoms with Crippen LogP contribution < -0.4 is 10.2 Å². The molecule has 0 aliphatic carbocycles. The normalized spacial score (nSPS) is 26.7. The summed E-state index contributed by atoms with van der Waals surface area (Å²) in [7, 11) is 0. The molecular weight excluding hydrogens is 554 g/mol. The molecule has 0 saturated carbocycles. The Morgan fingerprint density at radius 1 is 1.21 bits per heavy atom. The molecule has 4 atom stereocenters. The predicted molar refractivity (Wildman–Crippen MR) is 161 cm³/mol. The van der Waals surface area contributed by atoms with Crippen LogP contribution in [0, 0.1) is 17.7 Å². The maximum Gasteiger partial charge on any atom is 0.207 e. The lowest BCUT2D eigenvalue weighted by molar-refractivity contribution is 0.255. The van der Waals surface area contributed by atoms with Crippen LogP contribution >= 0.6 is 11.8 Å². The summed E-state index contributed by atoms with van der Waals surface area (Å²) in [5.41, 5.74) is 0.269. The number of hydrogen-bond acceptors (Lipinski definition) is 8. The van der Waals surface area contributed by atoms with E-state index in [9.17, 15) is 9.50 Å². The number of piperazine rings is 1. The Balaban J connectivity index is 1.33. The monoisotopic (exact) mass is 584 g/mol. The van der Waals surface area contributed by atoms with Crippen molar-refractivity contribution in [2.24, 2.45) is 0 Å². The average Bonchev–Trinajstić information content (AvgIpc) is 3.77. The summed E-state index contributed by atoms with van der Waals surface area (Å²) in [5, 5.41) is 16.2. The third kappa shape index (κ3) is 4.05. The number of halogens is 2. The molecule has 7 nitrogen and oxygen atoms in total. The zero-order valence-electron chi connectivity index (χ0n) is 23.2. The van der Waals surface area contributed by atoms with Crippen LogP contribution in [0.4, 0.5) is 14.6 Å². The molecule has 2 bridgehead atoms. The number of fused-ring (bicyclic) bond motifs is 5. The highest BCUT2D eigenvalue weighted by molar-refractivity contribution is 7.98. The number of rotatable bonds is 3. The van der Waals surface area contributed by atoms with Crippen LogP contribution in [0.25, 0.3) is 32.9 Å². The molecule has 8 rings (SSSR count). The number of alkyl halides is 1. The van der Waals surface area contributed by atoms with E-state index in [1.165, 1.54) is 0 Å². The lowest BCUT2D eigenvalue weighted by atomic mass is 9.94. The highest BCUT2D eigenvalue weighted by Crippen LogP contribution is 2.42. The van der Waals surface area contributed by atoms with Gasteiger partial charge < -0.3 is 15.3 Å². The second-order valence-electron chi connectivity index (χ2n) is 11.9. The van der Waals surface area contributed by atoms with Gasteiger partial charge in [-0.2, -0.15) is 0 Å². The van der Waals surface area contributed by atoms with Crippen molar-refractivity contribution in [1.29, 1.82) is 0 Å². The minimum atomic E-state index is -0.894. The topological polar surface area (TPSA) is 77.4 Å². The fourth-order valence-corrected chi connectivity index (χ4v) is 8.17. The average molecular weight is 585 g/mol. The number of hydrogen-bond donors (Lipinski definition) is 2. The predicted octanol–water partition coefficient (Wildman–Crippen LogP) is 4.89. The molecule has 214 valence electrons. The van der Waals surface area contributed by atoms with Crippen molar-refractivity contribution in [3.63, 3.8) is 0 Å². The Bertz CT molecular complexity index is 1820. The number of nitrogens with zero attached hydrogens (tertiary/aromatic N) is 5. The SMILES string of the molecule is CSc1cccc2cc(O)cc(-c3ncc4c(N5C[C@H]6C[C@@H]5CN6)nc(C#C[C@@]56CCCN5C[C@H](F)C6)nc4c3F)c12. The van der Waals surface area contributed by atoms with Crippen molar-refractivity contribution in [2.75, 3.05) is 37.3 Å². The minimum absolute atomic E-state index is 0.0377. The van der Waals surface area contributed by atoms with E-state index in [4.69, 9.17) is 4.98 Å². The lowest BCUT2D eigenvalue weighted by Gasteiger charge is -2.29. The van der Waals surface area contributed by atoms with E-state index < -0.39 is 17.5 Å². The molecule has 0 unspecified atom stereocenters. The molecule has 4 aromatic rings. The van der Waals surface area contributed by atoms with E-state index in [1.807, 2.05) is 24.5 Å². The summed E-state index contributed by atoms with van der Waals surface area (Å²) in [5.74, 6) is 6.83. The number of nitrogens with one attached hydrogen (secondary N) is 1. The van der Waals surface area contributed by atoms with Gasteiger partial charge in [0.15, 0.2) is 5.82 Å². The maximum atomic E-state index is 16.7. The molecule has 0 spiro atoms. The van der Waals surface area contributed by atoms with Crippen LogP contribution in [0.3, 0.4) is 0 Å². The van der Waals surface area contributed by atoms with Crippen LogP contribution in [0.15, 0.2) is 41.4 Å². The van der Waals surface area contributed by atoms with Crippen LogP contribution in [0.2, 0.25) is 0 Å². The van der Waals surface area contributed by atoms with Gasteiger partial charge in [-0.25, -0.2) is 18.7 Å². The van der Waals surface area contributed by atoms with Gasteiger partial charge >= 0.3 is 0 Å². The third-order valence-electron chi connectivity index (χ3n) is 9.40. The molecular formula is C32H30F2N6OS. The Morgan fingerprint density at radius 3 is 2.93 bits per heavy atom. The molecule has 6 heterocycles. The Labute approximate surface area is 246 Å². The summed E-state index contributed by atoms with van der Waals surface area (Å²) < 4.78 is 31.1. The summed E-state index contributed by atoms with van der Waals surface area (Å²) >= 11 is 1.56. The molecule has 2 N–H and O–H groups in total. The first-order chi connectivity index (χ1) is 20.4. The van der Waals surface area contributed by atoms with Gasteiger partial charge in [0.05, 0.1) is 10.9 Å². The summed E-state index contributed by atoms with van der Waals surface area (Å²) in [6, 6.07) is 9.66. The van der Waals surface area contributed by atoms with Gasteiger partial charge in [0.1, 0.15) is 28.9 Å². The Kier molecular flexibility index (Phi) is 6.07. The quantitative estimate of drug-likeness (QED) is 0.261. The second kappa shape index (κ2) is 9.76. The fraction of sp³-hybridized carbons (Fsp3) is 0.406. The van der Waals surface area contributed by atoms with Crippen LogP contribution in [-0.2, 0) is 0 Å². The molecule has 2 aromatic carbocycles. The van der Waals surface area contributed by atoms with Crippen molar-refractivity contribution in [3.8, 4) is 28.8 Å². The van der Waals surface area contributed by atoms with Crippen molar-refractivity contribution >= 4 is 39.3 Å². The van der Waals surface area contributed by atoms with Gasteiger partial charge in [-0.05, 0) is 61.6 Å². The van der Waals surface area contributed by atoms with Crippen LogP contribution in [-0.4, -0.2) is 81.2 Å². The fourth-order valence-electron chi connectivity index (χ4n) is 7.53. The molecule has 4 aliphatic rings. The second-order valence-corrected chi connectivity index (χ2v) is 12.7. The zero-order valence-corrected chi connectivity index (χ0v) is 24.0. The van der Waals surface area contributed by atoms with Gasteiger partial charge in [-0.3, -0.25) is 9.88 Å². The Hall–Kier alpha value is -3.52. The van der Waals surface area contributed by atoms with Crippen molar-refractivity contribution in [3.05, 3.63) is 48.2 Å². The molecule has 4 aliphatic heterocycles. The van der Waals surface area contributed by atoms with E-state index in [2.05, 4.69) is 36.9 Å². The van der Waals surface area contributed by atoms with Gasteiger partial charge in [-0.1, -0.05) is 18.1 Å². The molecule has 4 saturated heterocycles. The molecule has 0 amide bonds. The van der Waals surface area contributed by atoms with E-state index in [-0.39, 0.29) is 28.8 Å². The first kappa shape index (κ1) is 26.1. The largest absolute Gasteiger partial charge is 0.508 e. The Morgan fingerprint density at radius 2 is 2.12 bits per heavy atom. The van der Waals surface area contributed by atoms with Crippen molar-refractivity contribution in [2.45, 2.75) is 54.4 Å². The number of pyridine rings is 1. The number of benzene rings is 2. The van der Waals surface area contributed by atoms with E-state index in [0.29, 0.717) is 35.8 Å². The lowest BCUT2D eigenvalue weighted by Crippen LogP contribution is -2.44. The molecule has 0 radical (unpaired) electrons. The van der Waals surface area contributed by atoms with Crippen molar-refractivity contribution in [1.82, 2.24) is 25.2 Å². The van der Waals surface area contributed by atoms with Gasteiger partial charge in [0.25, 0.3) is 0 Å². The summed E-state index contributed by atoms with van der Waals surface area (Å²) in [4.78, 5) is 19.5. The highest BCUT2D eigenvalue weighted by atomic mass is 32.2. The van der Waals surface area contributed by atoms with Crippen LogP contribution in [0.5, 0.6) is 5.75 Å². The number of thioether (sulfide) groups is 1. The first-order valence-electron chi connectivity index (χ1n) is 14.5. The maximum absolute atomic E-state index is 16.7. The standard InChI is InChI=1S/C32H30F2N6OS/c1-42-25-5-2-4-18-10-22(41)12-23(27(18)25)29-28(34)30-24(15-36-29)31(40-17-20-11-21(40)14-35-20)38-26(37-30)6-8-32-7-3-9-39(32)16-19(33)13-32/h2,4-5,10,12,15,19-21,35,41H,3,7,9,11,13-14,16-17H2,1H3/t19-,20-,21-,32-/m1/s1. The number of anilines is 1. The number of aromatic hydroxyl groups is 1. The molecule has 42 heavy (non-hydrogen) atoms. The van der Waals surface area contributed by atoms with Crippen molar-refractivity contribution < 1.29 is 13.9 Å². The minimum Gasteiger partial charge on any atom is -0.508 e. The summed E-state index contributed by atoms with van der Waals surface area (Å²) in [6.45, 7) is 2.85. The van der Waals surface area contributed by atoms with Gasteiger partial charge in [0, 0.05) is 60.2 Å². The molecule has 10 heteroatoms. The van der Waals surface area contributed by atoms with E-state index in [0.717, 1.165) is 54.6 Å².